The summed E-state index contributed by atoms with van der Waals surface area (Å²) in [7, 11) is -4.85. The van der Waals surface area contributed by atoms with Gasteiger partial charge in [0.1, 0.15) is 5.69 Å². The van der Waals surface area contributed by atoms with E-state index in [0.717, 1.165) is 0 Å². The maximum Gasteiger partial charge on any atom is 0.337 e. The van der Waals surface area contributed by atoms with Crippen molar-refractivity contribution in [1.29, 1.82) is 0 Å². The van der Waals surface area contributed by atoms with E-state index in [1.807, 2.05) is 0 Å². The average Bonchev–Trinajstić information content (AvgIpc) is 2.53. The van der Waals surface area contributed by atoms with E-state index in [1.54, 1.807) is 0 Å². The third-order valence-corrected chi connectivity index (χ3v) is 4.57. The molecule has 0 aliphatic rings. The van der Waals surface area contributed by atoms with Crippen LogP contribution in [0, 0.1) is 6.92 Å². The Morgan fingerprint density at radius 2 is 1.85 bits per heavy atom. The number of aromatic hydroxyl groups is 1. The monoisotopic (exact) mass is 381 g/mol. The van der Waals surface area contributed by atoms with Crippen molar-refractivity contribution in [3.63, 3.8) is 0 Å². The third-order valence-electron chi connectivity index (χ3n) is 3.57. The Bertz CT molecular complexity index is 1070. The quantitative estimate of drug-likeness (QED) is 0.529. The van der Waals surface area contributed by atoms with Crippen molar-refractivity contribution < 1.29 is 28.0 Å². The first kappa shape index (κ1) is 19.3. The molecule has 3 N–H and O–H groups in total. The van der Waals surface area contributed by atoms with Gasteiger partial charge in [0.25, 0.3) is 15.7 Å². The van der Waals surface area contributed by atoms with Gasteiger partial charge in [0.15, 0.2) is 10.6 Å². The molecule has 2 rings (SSSR count). The number of carboxylic acids is 1. The smallest absolute Gasteiger partial charge is 0.337 e. The van der Waals surface area contributed by atoms with Crippen molar-refractivity contribution in [3.8, 4) is 5.88 Å². The summed E-state index contributed by atoms with van der Waals surface area (Å²) in [6.07, 6.45) is 0. The number of hydrogen-bond acceptors (Lipinski definition) is 7. The van der Waals surface area contributed by atoms with Crippen molar-refractivity contribution in [2.24, 2.45) is 10.2 Å². The van der Waals surface area contributed by atoms with E-state index in [1.165, 1.54) is 38.1 Å². The molecule has 2 aromatic rings. The van der Waals surface area contributed by atoms with Crippen LogP contribution in [0.15, 0.2) is 44.2 Å². The molecule has 1 aromatic carbocycles. The molecule has 0 saturated carbocycles. The predicted octanol–water partition coefficient (Wildman–Crippen LogP) is 2.24. The minimum Gasteiger partial charge on any atom is -0.493 e. The lowest BCUT2D eigenvalue weighted by Gasteiger charge is -2.13. The van der Waals surface area contributed by atoms with Gasteiger partial charge in [0.2, 0.25) is 5.88 Å². The van der Waals surface area contributed by atoms with Gasteiger partial charge in [-0.05, 0) is 26.0 Å². The minimum absolute atomic E-state index is 0.0525. The van der Waals surface area contributed by atoms with Crippen molar-refractivity contribution in [2.45, 2.75) is 25.3 Å². The van der Waals surface area contributed by atoms with Gasteiger partial charge in [-0.25, -0.2) is 4.79 Å². The number of aromatic carboxylic acids is 1. The van der Waals surface area contributed by atoms with Crippen LogP contribution in [0.2, 0.25) is 0 Å². The van der Waals surface area contributed by atoms with Crippen LogP contribution in [-0.4, -0.2) is 33.7 Å². The Hall–Kier alpha value is -3.05. The summed E-state index contributed by atoms with van der Waals surface area (Å²) >= 11 is 0. The van der Waals surface area contributed by atoms with E-state index < -0.39 is 38.1 Å². The fraction of sp³-hybridized carbons (Fsp3) is 0.200. The van der Waals surface area contributed by atoms with Crippen LogP contribution in [0.4, 0.5) is 11.4 Å². The zero-order chi connectivity index (χ0) is 19.6. The number of pyridine rings is 1. The molecule has 0 unspecified atom stereocenters. The van der Waals surface area contributed by atoms with Gasteiger partial charge < -0.3 is 10.2 Å². The number of hydrogen-bond donors (Lipinski definition) is 3. The standard InChI is InChI=1S/C15H15N3O7S/c1-3-18-13(19)11(8(2)12(14(18)20)26(23,24)25)17-16-10-7-5-4-6-9(10)15(21)22/h4-7,20H,3H2,1-2H3,(H,21,22)(H,23,24,25). The molecular weight excluding hydrogens is 366 g/mol. The van der Waals surface area contributed by atoms with Gasteiger partial charge in [0, 0.05) is 12.1 Å². The number of carboxylic acid groups (broad SMARTS) is 1. The van der Waals surface area contributed by atoms with E-state index in [-0.39, 0.29) is 23.4 Å². The molecule has 0 atom stereocenters. The van der Waals surface area contributed by atoms with E-state index >= 15 is 0 Å². The summed E-state index contributed by atoms with van der Waals surface area (Å²) < 4.78 is 33.1. The number of nitrogens with zero attached hydrogens (tertiary/aromatic N) is 3. The number of rotatable bonds is 5. The van der Waals surface area contributed by atoms with E-state index in [9.17, 15) is 27.7 Å². The minimum atomic E-state index is -4.85. The summed E-state index contributed by atoms with van der Waals surface area (Å²) in [5.41, 5.74) is -1.82. The lowest BCUT2D eigenvalue weighted by molar-refractivity contribution is 0.0697. The van der Waals surface area contributed by atoms with Crippen LogP contribution < -0.4 is 5.56 Å². The molecule has 0 radical (unpaired) electrons. The summed E-state index contributed by atoms with van der Waals surface area (Å²) in [5.74, 6) is -2.17. The maximum atomic E-state index is 12.4. The van der Waals surface area contributed by atoms with Crippen LogP contribution in [-0.2, 0) is 16.7 Å². The fourth-order valence-electron chi connectivity index (χ4n) is 2.35. The van der Waals surface area contributed by atoms with Crippen LogP contribution in [0.1, 0.15) is 22.8 Å². The molecule has 0 bridgehead atoms. The molecule has 1 heterocycles. The SMILES string of the molecule is CCn1c(O)c(S(=O)(=O)O)c(C)c(N=Nc2ccccc2C(=O)O)c1=O. The van der Waals surface area contributed by atoms with E-state index in [4.69, 9.17) is 5.11 Å². The first-order chi connectivity index (χ1) is 12.1. The Morgan fingerprint density at radius 1 is 1.23 bits per heavy atom. The highest BCUT2D eigenvalue weighted by atomic mass is 32.2. The van der Waals surface area contributed by atoms with Gasteiger partial charge in [-0.2, -0.15) is 8.42 Å². The molecule has 0 fully saturated rings. The molecule has 10 nitrogen and oxygen atoms in total. The summed E-state index contributed by atoms with van der Waals surface area (Å²) in [4.78, 5) is 22.7. The van der Waals surface area contributed by atoms with Gasteiger partial charge in [-0.1, -0.05) is 12.1 Å². The zero-order valence-electron chi connectivity index (χ0n) is 13.7. The normalized spacial score (nSPS) is 11.8. The second-order valence-corrected chi connectivity index (χ2v) is 6.53. The van der Waals surface area contributed by atoms with Gasteiger partial charge in [0.05, 0.1) is 5.56 Å². The number of aromatic nitrogens is 1. The lowest BCUT2D eigenvalue weighted by atomic mass is 10.2. The number of benzene rings is 1. The Morgan fingerprint density at radius 3 is 2.38 bits per heavy atom. The molecule has 26 heavy (non-hydrogen) atoms. The highest BCUT2D eigenvalue weighted by molar-refractivity contribution is 7.86. The van der Waals surface area contributed by atoms with E-state index in [2.05, 4.69) is 10.2 Å². The molecule has 138 valence electrons. The third kappa shape index (κ3) is 3.48. The van der Waals surface area contributed by atoms with Crippen molar-refractivity contribution >= 4 is 27.5 Å². The van der Waals surface area contributed by atoms with Gasteiger partial charge in [-0.3, -0.25) is 13.9 Å². The predicted molar refractivity (Wildman–Crippen MR) is 90.2 cm³/mol. The first-order valence-corrected chi connectivity index (χ1v) is 8.71. The second kappa shape index (κ2) is 7.06. The Labute approximate surface area is 147 Å². The first-order valence-electron chi connectivity index (χ1n) is 7.27. The molecule has 0 spiro atoms. The van der Waals surface area contributed by atoms with Crippen molar-refractivity contribution in [2.75, 3.05) is 0 Å². The molecule has 11 heteroatoms. The largest absolute Gasteiger partial charge is 0.493 e. The topological polar surface area (TPSA) is 159 Å². The van der Waals surface area contributed by atoms with Gasteiger partial charge in [-0.15, -0.1) is 10.2 Å². The molecule has 1 aromatic heterocycles. The number of carbonyl (C=O) groups is 1. The molecule has 0 aliphatic heterocycles. The van der Waals surface area contributed by atoms with Crippen LogP contribution in [0.25, 0.3) is 0 Å². The van der Waals surface area contributed by atoms with Crippen LogP contribution in [0.5, 0.6) is 5.88 Å². The van der Waals surface area contributed by atoms with Crippen molar-refractivity contribution in [3.05, 3.63) is 45.7 Å². The Kier molecular flexibility index (Phi) is 5.23. The van der Waals surface area contributed by atoms with E-state index in [0.29, 0.717) is 4.57 Å². The lowest BCUT2D eigenvalue weighted by Crippen LogP contribution is -2.22. The fourth-order valence-corrected chi connectivity index (χ4v) is 3.17. The zero-order valence-corrected chi connectivity index (χ0v) is 14.6. The summed E-state index contributed by atoms with van der Waals surface area (Å²) in [5, 5.41) is 26.5. The molecule has 0 saturated heterocycles. The number of azo groups is 1. The highest BCUT2D eigenvalue weighted by Crippen LogP contribution is 2.31. The molecule has 0 aliphatic carbocycles. The Balaban J connectivity index is 2.76. The molecular formula is C15H15N3O7S. The van der Waals surface area contributed by atoms with Crippen LogP contribution in [0.3, 0.4) is 0 Å². The van der Waals surface area contributed by atoms with Crippen molar-refractivity contribution in [1.82, 2.24) is 4.57 Å². The second-order valence-electron chi connectivity index (χ2n) is 5.17. The molecule has 0 amide bonds. The average molecular weight is 381 g/mol. The van der Waals surface area contributed by atoms with Crippen LogP contribution >= 0.6 is 0 Å². The summed E-state index contributed by atoms with van der Waals surface area (Å²) in [6.45, 7) is 2.55. The maximum absolute atomic E-state index is 12.4. The summed E-state index contributed by atoms with van der Waals surface area (Å²) in [6, 6.07) is 5.63. The highest BCUT2D eigenvalue weighted by Gasteiger charge is 2.26. The van der Waals surface area contributed by atoms with Gasteiger partial charge >= 0.3 is 5.97 Å².